The van der Waals surface area contributed by atoms with Gasteiger partial charge in [0.05, 0.1) is 0 Å². The van der Waals surface area contributed by atoms with Crippen LogP contribution in [0.25, 0.3) is 0 Å². The van der Waals surface area contributed by atoms with Gasteiger partial charge in [-0.05, 0) is 0 Å². The van der Waals surface area contributed by atoms with E-state index in [2.05, 4.69) is 83.1 Å². The average Bonchev–Trinajstić information content (AvgIpc) is 2.90. The first-order chi connectivity index (χ1) is 16.3. The van der Waals surface area contributed by atoms with Crippen molar-refractivity contribution in [2.45, 2.75) is 186 Å². The van der Waals surface area contributed by atoms with E-state index in [4.69, 9.17) is 0 Å². The van der Waals surface area contributed by atoms with Gasteiger partial charge in [-0.25, -0.2) is 0 Å². The topological polar surface area (TPSA) is 77.6 Å². The monoisotopic (exact) mass is 748 g/mol. The molecule has 5 heteroatoms. The Hall–Kier alpha value is 1.48. The van der Waals surface area contributed by atoms with Crippen LogP contribution in [0.4, 0.5) is 0 Å². The van der Waals surface area contributed by atoms with Crippen LogP contribution in [0.15, 0.2) is 0 Å². The summed E-state index contributed by atoms with van der Waals surface area (Å²) < 4.78 is 0. The summed E-state index contributed by atoms with van der Waals surface area (Å²) in [5, 5.41) is 20.7. The van der Waals surface area contributed by atoms with E-state index in [-0.39, 0.29) is 66.5 Å². The van der Waals surface area contributed by atoms with Crippen LogP contribution < -0.4 is 10.2 Å². The molecule has 0 heterocycles. The summed E-state index contributed by atoms with van der Waals surface area (Å²) >= 11 is 0. The van der Waals surface area contributed by atoms with E-state index in [1.807, 2.05) is 0 Å². The third kappa shape index (κ3) is 102. The summed E-state index contributed by atoms with van der Waals surface area (Å²) in [5.41, 5.74) is 0. The van der Waals surface area contributed by atoms with E-state index < -0.39 is 0 Å². The molecule has 37 heavy (non-hydrogen) atoms. The largest absolute Gasteiger partial charge is 0.854 e. The smallest absolute Gasteiger partial charge is 0 e. The molecule has 2 unspecified atom stereocenters. The summed E-state index contributed by atoms with van der Waals surface area (Å²) in [6.07, 6.45) is 19.8. The van der Waals surface area contributed by atoms with E-state index in [1.54, 1.807) is 0 Å². The van der Waals surface area contributed by atoms with Gasteiger partial charge < -0.3 is 15.7 Å². The molecule has 0 aliphatic rings. The first-order valence-electron chi connectivity index (χ1n) is 15.5. The first-order valence-corrected chi connectivity index (χ1v) is 15.5. The van der Waals surface area contributed by atoms with Crippen LogP contribution in [0.3, 0.4) is 0 Å². The summed E-state index contributed by atoms with van der Waals surface area (Å²) in [6, 6.07) is 0. The van der Waals surface area contributed by atoms with Gasteiger partial charge in [0.25, 0.3) is 0 Å². The molecule has 2 atom stereocenters. The van der Waals surface area contributed by atoms with Crippen molar-refractivity contribution in [1.82, 2.24) is 0 Å². The van der Waals surface area contributed by atoms with Gasteiger partial charge in [-0.15, -0.1) is 13.2 Å². The third-order valence-corrected chi connectivity index (χ3v) is 5.56. The van der Waals surface area contributed by atoms with Crippen molar-refractivity contribution < 1.29 is 15.7 Å². The average molecular weight is 746 g/mol. The number of hydrogen-bond donors (Lipinski definition) is 0. The molecule has 0 bridgehead atoms. The standard InChI is InChI=1S/2C8H17O.4C4H10.H2O.2Sn/c2*1-3-5-6-8(4-2)7-9;4*1-3-4-2;;;/h2*8H,3-7H2,1-2H3;4*3-4H2,1-2H3;1H2;;/q2*-1;;;;;;;. The molecule has 3 nitrogen and oxygen atoms in total. The fourth-order valence-electron chi connectivity index (χ4n) is 1.80. The van der Waals surface area contributed by atoms with Crippen LogP contribution in [0, 0.1) is 11.8 Å². The zero-order valence-electron chi connectivity index (χ0n) is 28.2. The van der Waals surface area contributed by atoms with Crippen LogP contribution >= 0.6 is 0 Å². The minimum Gasteiger partial charge on any atom is -0.854 e. The molecule has 0 fully saturated rings. The second-order valence-electron chi connectivity index (χ2n) is 9.17. The molecule has 0 rings (SSSR count). The predicted molar refractivity (Wildman–Crippen MR) is 174 cm³/mol. The summed E-state index contributed by atoms with van der Waals surface area (Å²) in [4.78, 5) is 0. The van der Waals surface area contributed by atoms with Gasteiger partial charge in [0.1, 0.15) is 0 Å². The summed E-state index contributed by atoms with van der Waals surface area (Å²) in [7, 11) is 0. The van der Waals surface area contributed by atoms with Gasteiger partial charge in [-0.3, -0.25) is 0 Å². The van der Waals surface area contributed by atoms with Crippen molar-refractivity contribution in [3.8, 4) is 0 Å². The summed E-state index contributed by atoms with van der Waals surface area (Å²) in [6.45, 7) is 26.2. The van der Waals surface area contributed by atoms with Crippen molar-refractivity contribution in [2.75, 3.05) is 13.2 Å². The van der Waals surface area contributed by atoms with Crippen molar-refractivity contribution in [3.05, 3.63) is 0 Å². The van der Waals surface area contributed by atoms with Gasteiger partial charge in [-0.2, -0.15) is 0 Å². The maximum absolute atomic E-state index is 10.4. The van der Waals surface area contributed by atoms with Crippen molar-refractivity contribution in [1.29, 1.82) is 0 Å². The molecule has 0 aromatic heterocycles. The molecule has 0 saturated carbocycles. The van der Waals surface area contributed by atoms with E-state index >= 15 is 0 Å². The van der Waals surface area contributed by atoms with Crippen LogP contribution in [0.5, 0.6) is 0 Å². The van der Waals surface area contributed by atoms with Crippen molar-refractivity contribution in [3.63, 3.8) is 0 Å². The Bertz CT molecular complexity index is 198. The second-order valence-corrected chi connectivity index (χ2v) is 9.17. The zero-order valence-corrected chi connectivity index (χ0v) is 33.9. The Labute approximate surface area is 272 Å². The van der Waals surface area contributed by atoms with Crippen molar-refractivity contribution >= 4 is 47.8 Å². The quantitative estimate of drug-likeness (QED) is 0.167. The van der Waals surface area contributed by atoms with Gasteiger partial charge in [0, 0.05) is 47.8 Å². The van der Waals surface area contributed by atoms with Crippen molar-refractivity contribution in [2.24, 2.45) is 11.8 Å². The molecular weight excluding hydrogens is 670 g/mol. The fraction of sp³-hybridized carbons (Fsp3) is 1.00. The molecule has 0 amide bonds. The maximum Gasteiger partial charge on any atom is 0 e. The minimum absolute atomic E-state index is 0. The fourth-order valence-corrected chi connectivity index (χ4v) is 1.80. The first kappa shape index (κ1) is 62.2. The van der Waals surface area contributed by atoms with Gasteiger partial charge >= 0.3 is 0 Å². The van der Waals surface area contributed by atoms with Crippen LogP contribution in [0.2, 0.25) is 0 Å². The van der Waals surface area contributed by atoms with E-state index in [1.165, 1.54) is 77.0 Å². The maximum atomic E-state index is 10.4. The SMILES string of the molecule is CCCC.CCCC.CCCC.CCCC.CCCCC(CC)C[O-].CCCCC(CC)C[O-].O.[Sn].[Sn]. The Morgan fingerprint density at radius 3 is 0.649 bits per heavy atom. The van der Waals surface area contributed by atoms with Gasteiger partial charge in [0.15, 0.2) is 0 Å². The Morgan fingerprint density at radius 2 is 0.568 bits per heavy atom. The minimum atomic E-state index is 0. The molecule has 0 aromatic carbocycles. The van der Waals surface area contributed by atoms with Crippen LogP contribution in [-0.4, -0.2) is 66.5 Å². The van der Waals surface area contributed by atoms with Gasteiger partial charge in [-0.1, -0.05) is 198 Å². The van der Waals surface area contributed by atoms with Crippen LogP contribution in [-0.2, 0) is 0 Å². The molecular formula is C32H76O3Sn2-2. The Kier molecular flexibility index (Phi) is 129. The number of hydrogen-bond acceptors (Lipinski definition) is 2. The van der Waals surface area contributed by atoms with E-state index in [9.17, 15) is 10.2 Å². The van der Waals surface area contributed by atoms with E-state index in [0.29, 0.717) is 11.8 Å². The second kappa shape index (κ2) is 76.8. The van der Waals surface area contributed by atoms with Gasteiger partial charge in [0.2, 0.25) is 0 Å². The third-order valence-electron chi connectivity index (χ3n) is 5.56. The molecule has 0 aliphatic carbocycles. The normalized spacial score (nSPS) is 9.89. The molecule has 232 valence electrons. The molecule has 0 saturated heterocycles. The summed E-state index contributed by atoms with van der Waals surface area (Å²) in [5.74, 6) is 0.898. The number of unbranched alkanes of at least 4 members (excludes halogenated alkanes) is 6. The number of rotatable bonds is 14. The molecule has 2 N–H and O–H groups in total. The Balaban J connectivity index is -0.0000000374. The molecule has 0 spiro atoms. The molecule has 0 aliphatic heterocycles. The zero-order chi connectivity index (χ0) is 27.9. The Morgan fingerprint density at radius 1 is 0.378 bits per heavy atom. The predicted octanol–water partition coefficient (Wildman–Crippen LogP) is 8.77. The molecule has 0 aromatic rings. The van der Waals surface area contributed by atoms with E-state index in [0.717, 1.165) is 25.7 Å². The van der Waals surface area contributed by atoms with Crippen LogP contribution in [0.1, 0.15) is 186 Å². The molecule has 8 radical (unpaired) electrons.